The van der Waals surface area contributed by atoms with Gasteiger partial charge in [-0.3, -0.25) is 0 Å². The van der Waals surface area contributed by atoms with Crippen LogP contribution in [0.25, 0.3) is 0 Å². The minimum atomic E-state index is 0.469. The Morgan fingerprint density at radius 3 is 2.87 bits per heavy atom. The number of hydrogen-bond donors (Lipinski definition) is 2. The average molecular weight is 311 g/mol. The second-order valence-electron chi connectivity index (χ2n) is 6.13. The van der Waals surface area contributed by atoms with Gasteiger partial charge in [0.2, 0.25) is 0 Å². The molecule has 3 rings (SSSR count). The van der Waals surface area contributed by atoms with Gasteiger partial charge >= 0.3 is 0 Å². The molecule has 0 saturated carbocycles. The summed E-state index contributed by atoms with van der Waals surface area (Å²) >= 11 is 0. The van der Waals surface area contributed by atoms with E-state index >= 15 is 0 Å². The molecule has 122 valence electrons. The van der Waals surface area contributed by atoms with Crippen molar-refractivity contribution in [2.75, 3.05) is 22.5 Å². The second-order valence-corrected chi connectivity index (χ2v) is 6.13. The third kappa shape index (κ3) is 3.23. The summed E-state index contributed by atoms with van der Waals surface area (Å²) < 4.78 is 0. The van der Waals surface area contributed by atoms with Crippen molar-refractivity contribution in [3.8, 4) is 0 Å². The zero-order valence-corrected chi connectivity index (χ0v) is 13.9. The average Bonchev–Trinajstić information content (AvgIpc) is 2.58. The molecular formula is C18H25N5. The van der Waals surface area contributed by atoms with Crippen LogP contribution in [0.2, 0.25) is 0 Å². The molecule has 1 fully saturated rings. The molecule has 3 N–H and O–H groups in total. The number of nitrogens with zero attached hydrogens (tertiary/aromatic N) is 3. The Bertz CT molecular complexity index is 670. The van der Waals surface area contributed by atoms with Crippen LogP contribution in [0.5, 0.6) is 0 Å². The molecule has 0 aliphatic carbocycles. The van der Waals surface area contributed by atoms with E-state index in [-0.39, 0.29) is 0 Å². The highest BCUT2D eigenvalue weighted by Gasteiger charge is 2.23. The van der Waals surface area contributed by atoms with E-state index < -0.39 is 0 Å². The lowest BCUT2D eigenvalue weighted by Gasteiger charge is -2.35. The van der Waals surface area contributed by atoms with Crippen molar-refractivity contribution >= 4 is 23.0 Å². The van der Waals surface area contributed by atoms with Crippen LogP contribution in [0.15, 0.2) is 30.6 Å². The largest absolute Gasteiger partial charge is 0.393 e. The number of rotatable bonds is 4. The van der Waals surface area contributed by atoms with Crippen molar-refractivity contribution in [2.24, 2.45) is 0 Å². The van der Waals surface area contributed by atoms with E-state index in [0.29, 0.717) is 17.5 Å². The highest BCUT2D eigenvalue weighted by molar-refractivity contribution is 5.79. The summed E-state index contributed by atoms with van der Waals surface area (Å²) in [6.07, 6.45) is 6.21. The van der Waals surface area contributed by atoms with Gasteiger partial charge in [-0.05, 0) is 44.2 Å². The maximum Gasteiger partial charge on any atom is 0.159 e. The van der Waals surface area contributed by atoms with E-state index in [1.807, 2.05) is 12.1 Å². The van der Waals surface area contributed by atoms with Gasteiger partial charge in [0.1, 0.15) is 12.0 Å². The van der Waals surface area contributed by atoms with Crippen LogP contribution in [0, 0.1) is 0 Å². The van der Waals surface area contributed by atoms with Gasteiger partial charge in [0, 0.05) is 18.3 Å². The number of aromatic nitrogens is 2. The molecule has 0 spiro atoms. The van der Waals surface area contributed by atoms with Crippen LogP contribution >= 0.6 is 0 Å². The molecule has 1 saturated heterocycles. The number of piperidine rings is 1. The molecule has 1 aliphatic heterocycles. The monoisotopic (exact) mass is 311 g/mol. The molecule has 5 heteroatoms. The summed E-state index contributed by atoms with van der Waals surface area (Å²) in [5.41, 5.74) is 9.32. The number of hydrogen-bond acceptors (Lipinski definition) is 5. The van der Waals surface area contributed by atoms with E-state index in [9.17, 15) is 0 Å². The molecular weight excluding hydrogens is 286 g/mol. The third-order valence-electron chi connectivity index (χ3n) is 4.59. The van der Waals surface area contributed by atoms with Crippen LogP contribution < -0.4 is 16.0 Å². The smallest absolute Gasteiger partial charge is 0.159 e. The summed E-state index contributed by atoms with van der Waals surface area (Å²) in [4.78, 5) is 11.1. The van der Waals surface area contributed by atoms with E-state index in [4.69, 9.17) is 5.73 Å². The summed E-state index contributed by atoms with van der Waals surface area (Å²) in [7, 11) is 0. The van der Waals surface area contributed by atoms with Crippen LogP contribution in [-0.2, 0) is 6.42 Å². The predicted molar refractivity (Wildman–Crippen MR) is 96.2 cm³/mol. The topological polar surface area (TPSA) is 67.1 Å². The Morgan fingerprint density at radius 1 is 1.26 bits per heavy atom. The van der Waals surface area contributed by atoms with Crippen molar-refractivity contribution in [2.45, 2.75) is 45.6 Å². The second kappa shape index (κ2) is 6.86. The summed E-state index contributed by atoms with van der Waals surface area (Å²) in [6, 6.07) is 8.72. The summed E-state index contributed by atoms with van der Waals surface area (Å²) in [6.45, 7) is 5.39. The lowest BCUT2D eigenvalue weighted by atomic mass is 10.0. The molecule has 1 aromatic carbocycles. The first kappa shape index (κ1) is 15.6. The van der Waals surface area contributed by atoms with Crippen LogP contribution in [0.3, 0.4) is 0 Å². The number of nitrogens with one attached hydrogen (secondary N) is 1. The highest BCUT2D eigenvalue weighted by atomic mass is 15.2. The number of aryl methyl sites for hydroxylation is 1. The Labute approximate surface area is 137 Å². The molecule has 2 heterocycles. The SMILES string of the molecule is CCc1ccccc1Nc1ncnc(N2CCCCC2C)c1N. The zero-order valence-electron chi connectivity index (χ0n) is 13.9. The molecule has 1 aliphatic rings. The standard InChI is InChI=1S/C18H25N5/c1-3-14-9-4-5-10-15(14)22-17-16(19)18(21-12-20-17)23-11-7-6-8-13(23)2/h4-5,9-10,12-13H,3,6-8,11,19H2,1-2H3,(H,20,21,22). The fourth-order valence-corrected chi connectivity index (χ4v) is 3.21. The quantitative estimate of drug-likeness (QED) is 0.900. The minimum Gasteiger partial charge on any atom is -0.393 e. The van der Waals surface area contributed by atoms with Crippen LogP contribution in [-0.4, -0.2) is 22.6 Å². The molecule has 1 unspecified atom stereocenters. The number of nitrogens with two attached hydrogens (primary N) is 1. The van der Waals surface area contributed by atoms with E-state index in [2.05, 4.69) is 46.2 Å². The zero-order chi connectivity index (χ0) is 16.2. The minimum absolute atomic E-state index is 0.469. The molecule has 2 aromatic rings. The van der Waals surface area contributed by atoms with E-state index in [0.717, 1.165) is 24.5 Å². The fraction of sp³-hybridized carbons (Fsp3) is 0.444. The van der Waals surface area contributed by atoms with Crippen molar-refractivity contribution in [1.29, 1.82) is 0 Å². The molecule has 23 heavy (non-hydrogen) atoms. The fourth-order valence-electron chi connectivity index (χ4n) is 3.21. The van der Waals surface area contributed by atoms with Gasteiger partial charge in [0.25, 0.3) is 0 Å². The number of benzene rings is 1. The van der Waals surface area contributed by atoms with Gasteiger partial charge in [-0.15, -0.1) is 0 Å². The van der Waals surface area contributed by atoms with Gasteiger partial charge in [-0.25, -0.2) is 9.97 Å². The summed E-state index contributed by atoms with van der Waals surface area (Å²) in [5.74, 6) is 1.54. The first-order chi connectivity index (χ1) is 11.2. The first-order valence-corrected chi connectivity index (χ1v) is 8.42. The maximum absolute atomic E-state index is 6.39. The molecule has 0 radical (unpaired) electrons. The maximum atomic E-state index is 6.39. The molecule has 0 bridgehead atoms. The number of anilines is 4. The van der Waals surface area contributed by atoms with E-state index in [1.54, 1.807) is 6.33 Å². The predicted octanol–water partition coefficient (Wildman–Crippen LogP) is 3.74. The van der Waals surface area contributed by atoms with Crippen molar-refractivity contribution in [3.05, 3.63) is 36.2 Å². The number of para-hydroxylation sites is 1. The Hall–Kier alpha value is -2.30. The Balaban J connectivity index is 1.90. The lowest BCUT2D eigenvalue weighted by Crippen LogP contribution is -2.38. The molecule has 1 atom stereocenters. The highest BCUT2D eigenvalue weighted by Crippen LogP contribution is 2.32. The summed E-state index contributed by atoms with van der Waals surface area (Å²) in [5, 5.41) is 3.38. The van der Waals surface area contributed by atoms with Gasteiger partial charge in [-0.1, -0.05) is 25.1 Å². The van der Waals surface area contributed by atoms with Crippen molar-refractivity contribution in [3.63, 3.8) is 0 Å². The van der Waals surface area contributed by atoms with Crippen molar-refractivity contribution < 1.29 is 0 Å². The normalized spacial score (nSPS) is 18.0. The van der Waals surface area contributed by atoms with Crippen molar-refractivity contribution in [1.82, 2.24) is 9.97 Å². The number of nitrogen functional groups attached to an aromatic ring is 1. The third-order valence-corrected chi connectivity index (χ3v) is 4.59. The van der Waals surface area contributed by atoms with E-state index in [1.165, 1.54) is 24.8 Å². The first-order valence-electron chi connectivity index (χ1n) is 8.42. The Morgan fingerprint density at radius 2 is 2.09 bits per heavy atom. The van der Waals surface area contributed by atoms with Gasteiger partial charge in [-0.2, -0.15) is 0 Å². The van der Waals surface area contributed by atoms with Gasteiger partial charge in [0.15, 0.2) is 11.6 Å². The molecule has 5 nitrogen and oxygen atoms in total. The molecule has 1 aromatic heterocycles. The van der Waals surface area contributed by atoms with Gasteiger partial charge in [0.05, 0.1) is 0 Å². The van der Waals surface area contributed by atoms with Crippen LogP contribution in [0.4, 0.5) is 23.0 Å². The Kier molecular flexibility index (Phi) is 4.65. The lowest BCUT2D eigenvalue weighted by molar-refractivity contribution is 0.481. The molecule has 0 amide bonds. The van der Waals surface area contributed by atoms with Gasteiger partial charge < -0.3 is 16.0 Å². The van der Waals surface area contributed by atoms with Crippen LogP contribution in [0.1, 0.15) is 38.7 Å².